The Hall–Kier alpha value is -3.42. The van der Waals surface area contributed by atoms with Crippen LogP contribution in [0.4, 0.5) is 20.6 Å². The van der Waals surface area contributed by atoms with Gasteiger partial charge in [-0.15, -0.1) is 0 Å². The number of anilines is 2. The molecule has 4 rings (SSSR count). The number of aryl methyl sites for hydroxylation is 1. The van der Waals surface area contributed by atoms with Crippen molar-refractivity contribution in [1.29, 1.82) is 0 Å². The van der Waals surface area contributed by atoms with Crippen LogP contribution in [0, 0.1) is 19.3 Å². The number of benzene rings is 2. The number of nitrogens with zero attached hydrogens (tertiary/aromatic N) is 3. The normalized spacial score (nSPS) is 18.6. The highest BCUT2D eigenvalue weighted by atomic mass is 32.2. The van der Waals surface area contributed by atoms with Gasteiger partial charge in [0.05, 0.1) is 29.4 Å². The van der Waals surface area contributed by atoms with Gasteiger partial charge in [0, 0.05) is 19.6 Å². The van der Waals surface area contributed by atoms with Crippen LogP contribution in [-0.4, -0.2) is 46.8 Å². The maximum absolute atomic E-state index is 14.9. The van der Waals surface area contributed by atoms with Gasteiger partial charge in [-0.2, -0.15) is 0 Å². The third-order valence-electron chi connectivity index (χ3n) is 5.94. The summed E-state index contributed by atoms with van der Waals surface area (Å²) in [4.78, 5) is 19.0. The molecule has 0 spiro atoms. The molecular weight excluding hydrogens is 459 g/mol. The predicted octanol–water partition coefficient (Wildman–Crippen LogP) is 3.84. The average molecular weight is 485 g/mol. The lowest BCUT2D eigenvalue weighted by atomic mass is 10.0. The molecule has 0 aliphatic carbocycles. The van der Waals surface area contributed by atoms with Crippen molar-refractivity contribution in [2.24, 2.45) is 0 Å². The van der Waals surface area contributed by atoms with Crippen LogP contribution in [0.5, 0.6) is 0 Å². The number of piperidine rings is 1. The van der Waals surface area contributed by atoms with Crippen LogP contribution in [0.1, 0.15) is 18.4 Å². The molecule has 1 atom stereocenters. The molecular formula is C24H25FN4O4S. The number of halogens is 1. The largest absolute Gasteiger partial charge is 0.443 e. The van der Waals surface area contributed by atoms with Crippen molar-refractivity contribution < 1.29 is 22.3 Å². The maximum atomic E-state index is 14.9. The quantitative estimate of drug-likeness (QED) is 0.630. The van der Waals surface area contributed by atoms with Gasteiger partial charge < -0.3 is 9.64 Å². The van der Waals surface area contributed by atoms with Gasteiger partial charge in [-0.25, -0.2) is 27.2 Å². The van der Waals surface area contributed by atoms with Crippen LogP contribution in [0.3, 0.4) is 0 Å². The number of carbonyl (C=O) groups excluding carboxylic acids is 1. The molecule has 2 aliphatic rings. The van der Waals surface area contributed by atoms with Crippen molar-refractivity contribution in [2.45, 2.75) is 30.8 Å². The number of carbonyl (C=O) groups is 1. The SMILES string of the molecule is [C-]#[N+]C=C1CCN(c2ccc(N3C[C@H](CNS(=O)(=O)c4ccc(C)cc4)OC3=O)cc2F)CC1. The Kier molecular flexibility index (Phi) is 6.86. The van der Waals surface area contributed by atoms with E-state index in [1.165, 1.54) is 29.3 Å². The summed E-state index contributed by atoms with van der Waals surface area (Å²) in [6.45, 7) is 10.0. The molecule has 1 N–H and O–H groups in total. The van der Waals surface area contributed by atoms with Crippen molar-refractivity contribution in [2.75, 3.05) is 36.0 Å². The molecule has 2 heterocycles. The second kappa shape index (κ2) is 9.83. The minimum atomic E-state index is -3.74. The van der Waals surface area contributed by atoms with E-state index in [9.17, 15) is 17.6 Å². The highest BCUT2D eigenvalue weighted by Crippen LogP contribution is 2.30. The Balaban J connectivity index is 1.38. The van der Waals surface area contributed by atoms with E-state index in [1.807, 2.05) is 11.8 Å². The number of cyclic esters (lactones) is 1. The molecule has 0 unspecified atom stereocenters. The molecule has 10 heteroatoms. The van der Waals surface area contributed by atoms with Crippen molar-refractivity contribution in [3.63, 3.8) is 0 Å². The van der Waals surface area contributed by atoms with Crippen LogP contribution in [0.25, 0.3) is 4.85 Å². The van der Waals surface area contributed by atoms with Crippen LogP contribution < -0.4 is 14.5 Å². The monoisotopic (exact) mass is 484 g/mol. The molecule has 2 saturated heterocycles. The first-order valence-electron chi connectivity index (χ1n) is 10.9. The van der Waals surface area contributed by atoms with Crippen molar-refractivity contribution >= 4 is 27.5 Å². The Bertz CT molecular complexity index is 1240. The van der Waals surface area contributed by atoms with Gasteiger partial charge in [0.1, 0.15) is 11.9 Å². The number of hydrogen-bond acceptors (Lipinski definition) is 5. The van der Waals surface area contributed by atoms with Crippen molar-refractivity contribution in [3.05, 3.63) is 77.0 Å². The fourth-order valence-electron chi connectivity index (χ4n) is 4.02. The molecule has 0 radical (unpaired) electrons. The number of amides is 1. The van der Waals surface area contributed by atoms with Gasteiger partial charge in [-0.3, -0.25) is 4.90 Å². The molecule has 34 heavy (non-hydrogen) atoms. The summed E-state index contributed by atoms with van der Waals surface area (Å²) in [6, 6.07) is 11.0. The summed E-state index contributed by atoms with van der Waals surface area (Å²) in [5.41, 5.74) is 2.80. The maximum Gasteiger partial charge on any atom is 0.414 e. The standard InChI is InChI=1S/C24H25FN4O4S/c1-17-3-6-21(7-4-17)34(31,32)27-15-20-16-29(24(30)33-20)19-5-8-23(22(25)13-19)28-11-9-18(10-12-28)14-26-2/h3-8,13-14,20,27H,9-12,15-16H2,1H3/t20-/m0/s1. The number of rotatable bonds is 6. The van der Waals surface area contributed by atoms with Crippen molar-refractivity contribution in [1.82, 2.24) is 4.72 Å². The molecule has 1 amide bonds. The Morgan fingerprint density at radius 3 is 2.56 bits per heavy atom. The van der Waals surface area contributed by atoms with E-state index >= 15 is 0 Å². The highest BCUT2D eigenvalue weighted by molar-refractivity contribution is 7.89. The second-order valence-corrected chi connectivity index (χ2v) is 10.1. The van der Waals surface area contributed by atoms with Gasteiger partial charge >= 0.3 is 6.09 Å². The Labute approximate surface area is 198 Å². The summed E-state index contributed by atoms with van der Waals surface area (Å²) in [5, 5.41) is 0. The number of sulfonamides is 1. The lowest BCUT2D eigenvalue weighted by Crippen LogP contribution is -2.34. The summed E-state index contributed by atoms with van der Waals surface area (Å²) in [7, 11) is -3.74. The van der Waals surface area contributed by atoms with E-state index in [0.29, 0.717) is 37.3 Å². The topological polar surface area (TPSA) is 83.3 Å². The van der Waals surface area contributed by atoms with Gasteiger partial charge in [0.2, 0.25) is 10.0 Å². The van der Waals surface area contributed by atoms with E-state index in [2.05, 4.69) is 9.57 Å². The van der Waals surface area contributed by atoms with Gasteiger partial charge in [0.25, 0.3) is 0 Å². The second-order valence-electron chi connectivity index (χ2n) is 8.32. The van der Waals surface area contributed by atoms with E-state index in [1.54, 1.807) is 24.3 Å². The molecule has 2 aromatic rings. The molecule has 0 aromatic heterocycles. The molecule has 0 saturated carbocycles. The molecule has 178 valence electrons. The fraction of sp³-hybridized carbons (Fsp3) is 0.333. The summed E-state index contributed by atoms with van der Waals surface area (Å²) < 4.78 is 47.6. The number of hydrogen-bond donors (Lipinski definition) is 1. The molecule has 2 aliphatic heterocycles. The van der Waals surface area contributed by atoms with Gasteiger partial charge in [0.15, 0.2) is 6.20 Å². The Morgan fingerprint density at radius 2 is 1.91 bits per heavy atom. The average Bonchev–Trinajstić information content (AvgIpc) is 3.19. The first kappa shape index (κ1) is 23.7. The third kappa shape index (κ3) is 5.21. The minimum absolute atomic E-state index is 0.0900. The summed E-state index contributed by atoms with van der Waals surface area (Å²) >= 11 is 0. The number of ether oxygens (including phenoxy) is 1. The van der Waals surface area contributed by atoms with Crippen LogP contribution in [-0.2, 0) is 14.8 Å². The van der Waals surface area contributed by atoms with Crippen LogP contribution >= 0.6 is 0 Å². The molecule has 8 nitrogen and oxygen atoms in total. The molecule has 2 fully saturated rings. The lowest BCUT2D eigenvalue weighted by molar-refractivity contribution is 0.143. The smallest absolute Gasteiger partial charge is 0.414 e. The van der Waals surface area contributed by atoms with E-state index in [-0.39, 0.29) is 18.0 Å². The van der Waals surface area contributed by atoms with Crippen molar-refractivity contribution in [3.8, 4) is 0 Å². The van der Waals surface area contributed by atoms with E-state index < -0.39 is 28.0 Å². The summed E-state index contributed by atoms with van der Waals surface area (Å²) in [5.74, 6) is -0.452. The zero-order valence-electron chi connectivity index (χ0n) is 18.7. The van der Waals surface area contributed by atoms with E-state index in [4.69, 9.17) is 11.3 Å². The van der Waals surface area contributed by atoms with E-state index in [0.717, 1.165) is 11.1 Å². The van der Waals surface area contributed by atoms with Gasteiger partial charge in [-0.05, 0) is 50.1 Å². The minimum Gasteiger partial charge on any atom is -0.443 e. The summed E-state index contributed by atoms with van der Waals surface area (Å²) in [6.07, 6.45) is 1.60. The molecule has 0 bridgehead atoms. The Morgan fingerprint density at radius 1 is 1.21 bits per heavy atom. The highest BCUT2D eigenvalue weighted by Gasteiger charge is 2.34. The lowest BCUT2D eigenvalue weighted by Gasteiger charge is -2.31. The predicted molar refractivity (Wildman–Crippen MR) is 127 cm³/mol. The zero-order chi connectivity index (χ0) is 24.3. The third-order valence-corrected chi connectivity index (χ3v) is 7.38. The first-order chi connectivity index (χ1) is 16.3. The zero-order valence-corrected chi connectivity index (χ0v) is 19.5. The van der Waals surface area contributed by atoms with Gasteiger partial charge in [-0.1, -0.05) is 23.3 Å². The number of nitrogens with one attached hydrogen (secondary N) is 1. The molecule has 2 aromatic carbocycles. The first-order valence-corrected chi connectivity index (χ1v) is 12.4. The fourth-order valence-corrected chi connectivity index (χ4v) is 5.08. The van der Waals surface area contributed by atoms with Crippen LogP contribution in [0.2, 0.25) is 0 Å². The van der Waals surface area contributed by atoms with Crippen LogP contribution in [0.15, 0.2) is 59.1 Å².